The predicted octanol–water partition coefficient (Wildman–Crippen LogP) is -1.96. The molecule has 0 atom stereocenters. The zero-order valence-electron chi connectivity index (χ0n) is 7.23. The van der Waals surface area contributed by atoms with E-state index in [0.29, 0.717) is 0 Å². The van der Waals surface area contributed by atoms with Gasteiger partial charge >= 0.3 is 19.1 Å². The molecule has 13 heavy (non-hydrogen) atoms. The van der Waals surface area contributed by atoms with Crippen molar-refractivity contribution in [1.82, 2.24) is 4.90 Å². The molecule has 0 radical (unpaired) electrons. The van der Waals surface area contributed by atoms with Crippen molar-refractivity contribution in [1.29, 1.82) is 0 Å². The van der Waals surface area contributed by atoms with Crippen LogP contribution in [-0.4, -0.2) is 55.7 Å². The van der Waals surface area contributed by atoms with Crippen LogP contribution >= 0.6 is 0 Å². The molecule has 0 bridgehead atoms. The predicted molar refractivity (Wildman–Crippen MR) is 42.5 cm³/mol. The smallest absolute Gasteiger partial charge is 0.497 e. The third kappa shape index (κ3) is 3.04. The highest BCUT2D eigenvalue weighted by molar-refractivity contribution is 6.48. The minimum atomic E-state index is -1.16. The van der Waals surface area contributed by atoms with Crippen LogP contribution in [0.2, 0.25) is 0 Å². The van der Waals surface area contributed by atoms with Gasteiger partial charge in [0.25, 0.3) is 0 Å². The summed E-state index contributed by atoms with van der Waals surface area (Å²) in [4.78, 5) is 23.4. The van der Waals surface area contributed by atoms with Gasteiger partial charge in [0.1, 0.15) is 6.51 Å². The molecule has 1 rings (SSSR count). The van der Waals surface area contributed by atoms with Gasteiger partial charge in [0, 0.05) is 0 Å². The van der Waals surface area contributed by atoms with Crippen LogP contribution in [0.15, 0.2) is 0 Å². The number of hydrogen-bond acceptors (Lipinski definition) is 6. The van der Waals surface area contributed by atoms with Crippen molar-refractivity contribution in [3.05, 3.63) is 0 Å². The summed E-state index contributed by atoms with van der Waals surface area (Å²) in [5.74, 6) is -1.04. The van der Waals surface area contributed by atoms with E-state index in [-0.39, 0.29) is 13.1 Å². The highest BCUT2D eigenvalue weighted by Crippen LogP contribution is 1.98. The van der Waals surface area contributed by atoms with Crippen molar-refractivity contribution in [2.24, 2.45) is 0 Å². The zero-order valence-corrected chi connectivity index (χ0v) is 7.23. The summed E-state index contributed by atoms with van der Waals surface area (Å²) < 4.78 is 9.22. The van der Waals surface area contributed by atoms with Crippen LogP contribution in [0.4, 0.5) is 0 Å². The van der Waals surface area contributed by atoms with Crippen molar-refractivity contribution < 1.29 is 24.0 Å². The lowest BCUT2D eigenvalue weighted by molar-refractivity contribution is -0.146. The highest BCUT2D eigenvalue weighted by atomic mass is 16.6. The van der Waals surface area contributed by atoms with Crippen LogP contribution in [0, 0.1) is 0 Å². The molecule has 1 fully saturated rings. The summed E-state index contributed by atoms with van der Waals surface area (Å²) in [5, 5.41) is 8.64. The number of carbonyl (C=O) groups excluding carboxylic acids is 2. The number of hydrogen-bond donors (Lipinski definition) is 1. The molecule has 0 aliphatic carbocycles. The Kier molecular flexibility index (Phi) is 3.27. The van der Waals surface area contributed by atoms with Gasteiger partial charge in [-0.05, 0) is 7.05 Å². The average Bonchev–Trinajstić information content (AvgIpc) is 1.99. The van der Waals surface area contributed by atoms with Gasteiger partial charge in [-0.1, -0.05) is 0 Å². The second kappa shape index (κ2) is 4.24. The fourth-order valence-electron chi connectivity index (χ4n) is 0.963. The van der Waals surface area contributed by atoms with E-state index in [2.05, 4.69) is 9.31 Å². The van der Waals surface area contributed by atoms with Crippen molar-refractivity contribution in [2.75, 3.05) is 26.6 Å². The van der Waals surface area contributed by atoms with E-state index in [1.165, 1.54) is 4.90 Å². The maximum atomic E-state index is 11.0. The lowest BCUT2D eigenvalue weighted by atomic mass is 9.92. The van der Waals surface area contributed by atoms with Gasteiger partial charge in [-0.2, -0.15) is 0 Å². The Morgan fingerprint density at radius 3 is 2.23 bits per heavy atom. The Labute approximate surface area is 75.6 Å². The summed E-state index contributed by atoms with van der Waals surface area (Å²) in [7, 11) is 0.440. The van der Waals surface area contributed by atoms with E-state index in [4.69, 9.17) is 5.11 Å². The van der Waals surface area contributed by atoms with Gasteiger partial charge in [-0.3, -0.25) is 14.5 Å². The Balaban J connectivity index is 2.58. The largest absolute Gasteiger partial charge is 0.626 e. The molecule has 72 valence electrons. The van der Waals surface area contributed by atoms with E-state index in [1.807, 2.05) is 0 Å². The van der Waals surface area contributed by atoms with Gasteiger partial charge in [-0.15, -0.1) is 0 Å². The van der Waals surface area contributed by atoms with Crippen molar-refractivity contribution >= 4 is 19.1 Å². The Bertz CT molecular complexity index is 201. The van der Waals surface area contributed by atoms with E-state index < -0.39 is 25.6 Å². The Morgan fingerprint density at radius 1 is 1.38 bits per heavy atom. The number of likely N-dealkylation sites (N-methyl/N-ethyl adjacent to an activating group) is 1. The van der Waals surface area contributed by atoms with E-state index in [0.717, 1.165) is 0 Å². The quantitative estimate of drug-likeness (QED) is 0.480. The number of rotatable bonds is 1. The zero-order chi connectivity index (χ0) is 9.84. The fourth-order valence-corrected chi connectivity index (χ4v) is 0.963. The summed E-state index contributed by atoms with van der Waals surface area (Å²) in [6, 6.07) is 0. The minimum absolute atomic E-state index is 0.0194. The van der Waals surface area contributed by atoms with Crippen LogP contribution in [0.1, 0.15) is 0 Å². The summed E-state index contributed by atoms with van der Waals surface area (Å²) in [6.45, 7) is -0.474. The fraction of sp³-hybridized carbons (Fsp3) is 0.667. The molecule has 1 aliphatic heterocycles. The summed E-state index contributed by atoms with van der Waals surface area (Å²) in [5.41, 5.74) is 0. The molecule has 0 amide bonds. The number of aliphatic hydroxyl groups is 1. The molecule has 7 heteroatoms. The molecule has 0 aromatic carbocycles. The minimum Gasteiger partial charge on any atom is -0.497 e. The van der Waals surface area contributed by atoms with Crippen LogP contribution < -0.4 is 0 Å². The van der Waals surface area contributed by atoms with Gasteiger partial charge in [-0.25, -0.2) is 0 Å². The standard InChI is InChI=1S/C6H10BNO5/c1-8-2-5(10)12-7(4-9)13-6(11)3-8/h9H,2-4H2,1H3. The van der Waals surface area contributed by atoms with Crippen LogP contribution in [-0.2, 0) is 18.9 Å². The molecule has 0 saturated carbocycles. The molecule has 1 aliphatic rings. The second-order valence-electron chi connectivity index (χ2n) is 2.76. The summed E-state index contributed by atoms with van der Waals surface area (Å²) in [6.07, 6.45) is 0. The third-order valence-electron chi connectivity index (χ3n) is 1.47. The monoisotopic (exact) mass is 187 g/mol. The maximum Gasteiger partial charge on any atom is 0.626 e. The van der Waals surface area contributed by atoms with Gasteiger partial charge < -0.3 is 14.4 Å². The molecular formula is C6H10BNO5. The Morgan fingerprint density at radius 2 is 1.85 bits per heavy atom. The first-order valence-electron chi connectivity index (χ1n) is 3.80. The van der Waals surface area contributed by atoms with Crippen molar-refractivity contribution in [3.8, 4) is 0 Å². The second-order valence-corrected chi connectivity index (χ2v) is 2.76. The van der Waals surface area contributed by atoms with Gasteiger partial charge in [0.2, 0.25) is 0 Å². The molecule has 6 nitrogen and oxygen atoms in total. The molecule has 1 N–H and O–H groups in total. The maximum absolute atomic E-state index is 11.0. The molecule has 0 aromatic rings. The Hall–Kier alpha value is -1.08. The summed E-state index contributed by atoms with van der Waals surface area (Å²) >= 11 is 0. The molecule has 0 aromatic heterocycles. The SMILES string of the molecule is CN1CC(=O)OB(CO)OC(=O)C1. The average molecular weight is 187 g/mol. The first-order valence-corrected chi connectivity index (χ1v) is 3.80. The number of aliphatic hydroxyl groups excluding tert-OH is 1. The molecule has 1 saturated heterocycles. The highest BCUT2D eigenvalue weighted by Gasteiger charge is 2.30. The van der Waals surface area contributed by atoms with Crippen LogP contribution in [0.25, 0.3) is 0 Å². The first-order chi connectivity index (χ1) is 6.11. The van der Waals surface area contributed by atoms with E-state index in [9.17, 15) is 9.59 Å². The van der Waals surface area contributed by atoms with Gasteiger partial charge in [0.15, 0.2) is 0 Å². The van der Waals surface area contributed by atoms with Gasteiger partial charge in [0.05, 0.1) is 13.1 Å². The van der Waals surface area contributed by atoms with Crippen molar-refractivity contribution in [2.45, 2.75) is 0 Å². The first kappa shape index (κ1) is 10.0. The van der Waals surface area contributed by atoms with E-state index in [1.54, 1.807) is 7.05 Å². The normalized spacial score (nSPS) is 20.3. The molecule has 1 heterocycles. The third-order valence-corrected chi connectivity index (χ3v) is 1.47. The van der Waals surface area contributed by atoms with Crippen LogP contribution in [0.3, 0.4) is 0 Å². The number of carbonyl (C=O) groups is 2. The molecular weight excluding hydrogens is 177 g/mol. The number of nitrogens with zero attached hydrogens (tertiary/aromatic N) is 1. The molecule has 0 spiro atoms. The van der Waals surface area contributed by atoms with E-state index >= 15 is 0 Å². The molecule has 0 unspecified atom stereocenters. The topological polar surface area (TPSA) is 76.1 Å². The van der Waals surface area contributed by atoms with Crippen LogP contribution in [0.5, 0.6) is 0 Å². The van der Waals surface area contributed by atoms with Crippen molar-refractivity contribution in [3.63, 3.8) is 0 Å². The lowest BCUT2D eigenvalue weighted by Gasteiger charge is -2.21. The lowest BCUT2D eigenvalue weighted by Crippen LogP contribution is -2.44.